The SMILES string of the molecule is COc1ccc(OC)c(N(CC(=O)NCc2ccc(N3CCOCC3)cc2)S(=O)(=O)c2ccc(OC)c(OC)c2)c1. The maximum absolute atomic E-state index is 14.0. The van der Waals surface area contributed by atoms with Crippen LogP contribution in [0.5, 0.6) is 23.0 Å². The number of hydrogen-bond acceptors (Lipinski definition) is 9. The van der Waals surface area contributed by atoms with Crippen LogP contribution in [0.3, 0.4) is 0 Å². The van der Waals surface area contributed by atoms with Gasteiger partial charge in [-0.25, -0.2) is 8.42 Å². The Bertz CT molecular complexity index is 1440. The summed E-state index contributed by atoms with van der Waals surface area (Å²) in [6, 6.07) is 16.9. The fourth-order valence-corrected chi connectivity index (χ4v) is 5.87. The fourth-order valence-electron chi connectivity index (χ4n) is 4.43. The van der Waals surface area contributed by atoms with Crippen molar-refractivity contribution < 1.29 is 36.9 Å². The zero-order chi connectivity index (χ0) is 29.4. The molecule has 1 fully saturated rings. The smallest absolute Gasteiger partial charge is 0.265 e. The molecule has 1 saturated heterocycles. The first-order chi connectivity index (χ1) is 19.8. The van der Waals surface area contributed by atoms with Gasteiger partial charge in [-0.15, -0.1) is 0 Å². The van der Waals surface area contributed by atoms with Crippen LogP contribution in [-0.2, 0) is 26.1 Å². The van der Waals surface area contributed by atoms with E-state index in [2.05, 4.69) is 10.2 Å². The molecule has 0 radical (unpaired) electrons. The van der Waals surface area contributed by atoms with Gasteiger partial charge in [0, 0.05) is 37.5 Å². The Labute approximate surface area is 240 Å². The third-order valence-electron chi connectivity index (χ3n) is 6.69. The lowest BCUT2D eigenvalue weighted by Crippen LogP contribution is -2.41. The van der Waals surface area contributed by atoms with Gasteiger partial charge in [0.1, 0.15) is 18.0 Å². The molecule has 0 spiro atoms. The molecule has 4 rings (SSSR count). The number of sulfonamides is 1. The van der Waals surface area contributed by atoms with E-state index in [1.165, 1.54) is 52.7 Å². The third-order valence-corrected chi connectivity index (χ3v) is 8.44. The van der Waals surface area contributed by atoms with E-state index in [9.17, 15) is 13.2 Å². The summed E-state index contributed by atoms with van der Waals surface area (Å²) >= 11 is 0. The number of carbonyl (C=O) groups excluding carboxylic acids is 1. The largest absolute Gasteiger partial charge is 0.497 e. The molecular formula is C29H35N3O8S. The number of nitrogens with one attached hydrogen (secondary N) is 1. The van der Waals surface area contributed by atoms with Gasteiger partial charge >= 0.3 is 0 Å². The van der Waals surface area contributed by atoms with Crippen molar-refractivity contribution in [3.8, 4) is 23.0 Å². The lowest BCUT2D eigenvalue weighted by molar-refractivity contribution is -0.119. The van der Waals surface area contributed by atoms with Crippen molar-refractivity contribution >= 4 is 27.3 Å². The first-order valence-corrected chi connectivity index (χ1v) is 14.4. The molecule has 0 unspecified atom stereocenters. The Hall–Kier alpha value is -4.16. The number of benzene rings is 3. The molecule has 1 aliphatic rings. The Morgan fingerprint density at radius 2 is 1.51 bits per heavy atom. The molecule has 0 aliphatic carbocycles. The van der Waals surface area contributed by atoms with E-state index in [4.69, 9.17) is 23.7 Å². The van der Waals surface area contributed by atoms with Gasteiger partial charge in [0.15, 0.2) is 11.5 Å². The highest BCUT2D eigenvalue weighted by atomic mass is 32.2. The number of nitrogens with zero attached hydrogens (tertiary/aromatic N) is 2. The van der Waals surface area contributed by atoms with Crippen LogP contribution in [-0.4, -0.2) is 75.6 Å². The molecule has 41 heavy (non-hydrogen) atoms. The molecule has 1 heterocycles. The van der Waals surface area contributed by atoms with E-state index < -0.39 is 22.5 Å². The second-order valence-corrected chi connectivity index (χ2v) is 11.0. The monoisotopic (exact) mass is 585 g/mol. The highest BCUT2D eigenvalue weighted by Gasteiger charge is 2.31. The lowest BCUT2D eigenvalue weighted by Gasteiger charge is -2.29. The summed E-state index contributed by atoms with van der Waals surface area (Å²) in [5, 5.41) is 2.83. The summed E-state index contributed by atoms with van der Waals surface area (Å²) in [6.07, 6.45) is 0. The van der Waals surface area contributed by atoms with Crippen molar-refractivity contribution in [2.75, 3.05) is 70.5 Å². The summed E-state index contributed by atoms with van der Waals surface area (Å²) in [5.41, 5.74) is 2.11. The van der Waals surface area contributed by atoms with Gasteiger partial charge in [0.05, 0.1) is 52.2 Å². The number of hydrogen-bond donors (Lipinski definition) is 1. The van der Waals surface area contributed by atoms with Crippen molar-refractivity contribution in [1.29, 1.82) is 0 Å². The Kier molecular flexibility index (Phi) is 9.79. The molecule has 12 heteroatoms. The summed E-state index contributed by atoms with van der Waals surface area (Å²) < 4.78 is 55.8. The third kappa shape index (κ3) is 6.95. The molecule has 0 saturated carbocycles. The molecule has 1 aliphatic heterocycles. The minimum Gasteiger partial charge on any atom is -0.497 e. The van der Waals surface area contributed by atoms with E-state index in [-0.39, 0.29) is 28.6 Å². The topological polar surface area (TPSA) is 116 Å². The maximum atomic E-state index is 14.0. The average molecular weight is 586 g/mol. The number of ether oxygens (including phenoxy) is 5. The molecule has 11 nitrogen and oxygen atoms in total. The molecule has 3 aromatic rings. The summed E-state index contributed by atoms with van der Waals surface area (Å²) in [7, 11) is 1.49. The number of methoxy groups -OCH3 is 4. The quantitative estimate of drug-likeness (QED) is 0.342. The van der Waals surface area contributed by atoms with Crippen molar-refractivity contribution in [3.05, 3.63) is 66.2 Å². The minimum atomic E-state index is -4.28. The zero-order valence-electron chi connectivity index (χ0n) is 23.6. The fraction of sp³-hybridized carbons (Fsp3) is 0.345. The molecule has 3 aromatic carbocycles. The van der Waals surface area contributed by atoms with Crippen LogP contribution in [0, 0.1) is 0 Å². The van der Waals surface area contributed by atoms with E-state index in [1.54, 1.807) is 12.1 Å². The predicted octanol–water partition coefficient (Wildman–Crippen LogP) is 3.07. The van der Waals surface area contributed by atoms with Crippen LogP contribution >= 0.6 is 0 Å². The molecular weight excluding hydrogens is 550 g/mol. The number of amides is 1. The van der Waals surface area contributed by atoms with Gasteiger partial charge in [-0.2, -0.15) is 0 Å². The van der Waals surface area contributed by atoms with Crippen molar-refractivity contribution in [1.82, 2.24) is 5.32 Å². The first kappa shape index (κ1) is 29.8. The van der Waals surface area contributed by atoms with Crippen LogP contribution in [0.15, 0.2) is 65.6 Å². The van der Waals surface area contributed by atoms with Gasteiger partial charge in [0.2, 0.25) is 5.91 Å². The number of rotatable bonds is 12. The first-order valence-electron chi connectivity index (χ1n) is 13.0. The Balaban J connectivity index is 1.59. The minimum absolute atomic E-state index is 0.0912. The second-order valence-electron chi connectivity index (χ2n) is 9.11. The predicted molar refractivity (Wildman–Crippen MR) is 155 cm³/mol. The summed E-state index contributed by atoms with van der Waals surface area (Å²) in [5.74, 6) is 0.747. The Morgan fingerprint density at radius 3 is 2.15 bits per heavy atom. The molecule has 0 bridgehead atoms. The second kappa shape index (κ2) is 13.5. The van der Waals surface area contributed by atoms with Crippen LogP contribution in [0.2, 0.25) is 0 Å². The summed E-state index contributed by atoms with van der Waals surface area (Å²) in [4.78, 5) is 15.4. The van der Waals surface area contributed by atoms with Gasteiger partial charge < -0.3 is 33.9 Å². The molecule has 0 atom stereocenters. The van der Waals surface area contributed by atoms with E-state index >= 15 is 0 Å². The van der Waals surface area contributed by atoms with Crippen LogP contribution in [0.25, 0.3) is 0 Å². The van der Waals surface area contributed by atoms with E-state index in [1.807, 2.05) is 24.3 Å². The van der Waals surface area contributed by atoms with E-state index in [0.29, 0.717) is 24.7 Å². The molecule has 1 N–H and O–H groups in total. The van der Waals surface area contributed by atoms with Crippen molar-refractivity contribution in [2.24, 2.45) is 0 Å². The zero-order valence-corrected chi connectivity index (χ0v) is 24.4. The van der Waals surface area contributed by atoms with Gasteiger partial charge in [0.25, 0.3) is 10.0 Å². The van der Waals surface area contributed by atoms with Crippen LogP contribution in [0.1, 0.15) is 5.56 Å². The standard InChI is InChI=1S/C29H35N3O8S/c1-36-23-9-11-26(37-2)25(17-23)32(41(34,35)24-10-12-27(38-3)28(18-24)39-4)20-29(33)30-19-21-5-7-22(8-6-21)31-13-15-40-16-14-31/h5-12,17-18H,13-16,19-20H2,1-4H3,(H,30,33). The highest BCUT2D eigenvalue weighted by molar-refractivity contribution is 7.92. The van der Waals surface area contributed by atoms with Gasteiger partial charge in [-0.05, 0) is 42.0 Å². The number of anilines is 2. The highest BCUT2D eigenvalue weighted by Crippen LogP contribution is 2.37. The van der Waals surface area contributed by atoms with Gasteiger partial charge in [-0.3, -0.25) is 9.10 Å². The van der Waals surface area contributed by atoms with Crippen molar-refractivity contribution in [2.45, 2.75) is 11.4 Å². The summed E-state index contributed by atoms with van der Waals surface area (Å²) in [6.45, 7) is 2.76. The molecule has 0 aromatic heterocycles. The van der Waals surface area contributed by atoms with Gasteiger partial charge in [-0.1, -0.05) is 12.1 Å². The Morgan fingerprint density at radius 1 is 0.854 bits per heavy atom. The van der Waals surface area contributed by atoms with Crippen molar-refractivity contribution in [3.63, 3.8) is 0 Å². The van der Waals surface area contributed by atoms with Crippen LogP contribution < -0.4 is 33.5 Å². The van der Waals surface area contributed by atoms with Crippen LogP contribution in [0.4, 0.5) is 11.4 Å². The normalized spacial score (nSPS) is 13.3. The average Bonchev–Trinajstić information content (AvgIpc) is 3.02. The number of morpholine rings is 1. The molecule has 1 amide bonds. The van der Waals surface area contributed by atoms with E-state index in [0.717, 1.165) is 28.6 Å². The number of carbonyl (C=O) groups is 1. The maximum Gasteiger partial charge on any atom is 0.265 e. The lowest BCUT2D eigenvalue weighted by atomic mass is 10.2. The molecule has 220 valence electrons.